The average Bonchev–Trinajstić information content (AvgIpc) is 2.98. The minimum Gasteiger partial charge on any atom is -0.449 e. The van der Waals surface area contributed by atoms with Gasteiger partial charge in [0.25, 0.3) is 5.91 Å². The lowest BCUT2D eigenvalue weighted by Gasteiger charge is -2.34. The largest absolute Gasteiger partial charge is 0.449 e. The topological polar surface area (TPSA) is 79.0 Å². The van der Waals surface area contributed by atoms with E-state index in [1.54, 1.807) is 9.80 Å². The molecule has 1 saturated heterocycles. The van der Waals surface area contributed by atoms with Crippen molar-refractivity contribution in [1.82, 2.24) is 9.80 Å². The summed E-state index contributed by atoms with van der Waals surface area (Å²) in [6.07, 6.45) is -0.319. The molecule has 156 valence electrons. The number of piperazine rings is 1. The first-order chi connectivity index (χ1) is 13.0. The monoisotopic (exact) mass is 409 g/mol. The van der Waals surface area contributed by atoms with Crippen molar-refractivity contribution in [1.29, 1.82) is 0 Å². The van der Waals surface area contributed by atoms with Crippen molar-refractivity contribution in [2.24, 2.45) is 11.3 Å². The van der Waals surface area contributed by atoms with Crippen LogP contribution < -0.4 is 5.32 Å². The number of carbonyl (C=O) groups excluding carboxylic acids is 3. The highest BCUT2D eigenvalue weighted by Gasteiger charge is 2.28. The second-order valence-electron chi connectivity index (χ2n) is 8.58. The van der Waals surface area contributed by atoms with Crippen molar-refractivity contribution < 1.29 is 19.1 Å². The van der Waals surface area contributed by atoms with E-state index in [-0.39, 0.29) is 17.9 Å². The molecule has 0 bridgehead atoms. The van der Waals surface area contributed by atoms with E-state index in [0.29, 0.717) is 48.6 Å². The third-order valence-corrected chi connectivity index (χ3v) is 5.54. The molecule has 3 amide bonds. The highest BCUT2D eigenvalue weighted by Crippen LogP contribution is 2.29. The first-order valence-corrected chi connectivity index (χ1v) is 10.4. The molecule has 1 aromatic heterocycles. The molecule has 0 atom stereocenters. The zero-order chi connectivity index (χ0) is 21.1. The van der Waals surface area contributed by atoms with E-state index in [1.165, 1.54) is 11.3 Å². The maximum absolute atomic E-state index is 12.9. The summed E-state index contributed by atoms with van der Waals surface area (Å²) < 4.78 is 5.26. The Hall–Kier alpha value is -2.09. The van der Waals surface area contributed by atoms with Gasteiger partial charge in [0.15, 0.2) is 0 Å². The molecule has 0 unspecified atom stereocenters. The summed E-state index contributed by atoms with van der Waals surface area (Å²) in [5.74, 6) is 0.150. The van der Waals surface area contributed by atoms with Gasteiger partial charge in [-0.3, -0.25) is 9.59 Å². The second kappa shape index (κ2) is 8.94. The minimum atomic E-state index is -0.497. The van der Waals surface area contributed by atoms with Gasteiger partial charge in [-0.25, -0.2) is 4.79 Å². The van der Waals surface area contributed by atoms with Crippen molar-refractivity contribution in [3.8, 4) is 0 Å². The molecule has 1 fully saturated rings. The van der Waals surface area contributed by atoms with Crippen LogP contribution in [0.3, 0.4) is 0 Å². The number of anilines is 1. The number of aryl methyl sites for hydroxylation is 1. The first-order valence-electron chi connectivity index (χ1n) is 9.62. The summed E-state index contributed by atoms with van der Waals surface area (Å²) in [7, 11) is 0. The number of carbonyl (C=O) groups is 3. The van der Waals surface area contributed by atoms with Gasteiger partial charge in [-0.1, -0.05) is 34.6 Å². The van der Waals surface area contributed by atoms with Gasteiger partial charge in [0, 0.05) is 31.6 Å². The smallest absolute Gasteiger partial charge is 0.409 e. The van der Waals surface area contributed by atoms with Crippen LogP contribution in [0.4, 0.5) is 9.80 Å². The van der Waals surface area contributed by atoms with Crippen molar-refractivity contribution in [3.05, 3.63) is 16.5 Å². The SMILES string of the molecule is Cc1cc(NC(=O)C(C)(C)C)sc1C(=O)N1CCN(C(=O)OCC(C)C)CC1. The van der Waals surface area contributed by atoms with Gasteiger partial charge in [-0.2, -0.15) is 0 Å². The van der Waals surface area contributed by atoms with Gasteiger partial charge >= 0.3 is 6.09 Å². The fourth-order valence-corrected chi connectivity index (χ4v) is 3.66. The third kappa shape index (κ3) is 5.70. The molecule has 2 heterocycles. The number of hydrogen-bond donors (Lipinski definition) is 1. The number of hydrogen-bond acceptors (Lipinski definition) is 5. The van der Waals surface area contributed by atoms with Crippen LogP contribution in [0.2, 0.25) is 0 Å². The Balaban J connectivity index is 1.95. The molecule has 1 aromatic rings. The number of ether oxygens (including phenoxy) is 1. The second-order valence-corrected chi connectivity index (χ2v) is 9.63. The summed E-state index contributed by atoms with van der Waals surface area (Å²) in [6.45, 7) is 13.7. The Morgan fingerprint density at radius 2 is 1.71 bits per heavy atom. The van der Waals surface area contributed by atoms with Crippen LogP contribution in [-0.4, -0.2) is 60.5 Å². The van der Waals surface area contributed by atoms with E-state index in [0.717, 1.165) is 5.56 Å². The van der Waals surface area contributed by atoms with Crippen molar-refractivity contribution >= 4 is 34.2 Å². The van der Waals surface area contributed by atoms with E-state index in [1.807, 2.05) is 47.6 Å². The Morgan fingerprint density at radius 1 is 1.14 bits per heavy atom. The molecule has 1 aliphatic rings. The summed E-state index contributed by atoms with van der Waals surface area (Å²) in [5, 5.41) is 3.56. The van der Waals surface area contributed by atoms with Crippen LogP contribution in [0.25, 0.3) is 0 Å². The zero-order valence-electron chi connectivity index (χ0n) is 17.6. The highest BCUT2D eigenvalue weighted by atomic mass is 32.1. The van der Waals surface area contributed by atoms with Crippen molar-refractivity contribution in [2.45, 2.75) is 41.5 Å². The summed E-state index contributed by atoms with van der Waals surface area (Å²) in [4.78, 5) is 41.1. The molecule has 7 nitrogen and oxygen atoms in total. The standard InChI is InChI=1S/C20H31N3O4S/c1-13(2)12-27-19(26)23-9-7-22(8-10-23)17(24)16-14(3)11-15(28-16)21-18(25)20(4,5)6/h11,13H,7-10,12H2,1-6H3,(H,21,25). The van der Waals surface area contributed by atoms with E-state index in [2.05, 4.69) is 5.32 Å². The normalized spacial score (nSPS) is 15.0. The molecule has 0 saturated carbocycles. The fraction of sp³-hybridized carbons (Fsp3) is 0.650. The van der Waals surface area contributed by atoms with Crippen LogP contribution >= 0.6 is 11.3 Å². The Bertz CT molecular complexity index is 728. The molecule has 1 N–H and O–H groups in total. The highest BCUT2D eigenvalue weighted by molar-refractivity contribution is 7.18. The van der Waals surface area contributed by atoms with Crippen LogP contribution in [0.15, 0.2) is 6.07 Å². The summed E-state index contributed by atoms with van der Waals surface area (Å²) in [5.41, 5.74) is 0.348. The number of amides is 3. The number of nitrogens with one attached hydrogen (secondary N) is 1. The fourth-order valence-electron chi connectivity index (χ4n) is 2.62. The molecule has 0 spiro atoms. The maximum atomic E-state index is 12.9. The van der Waals surface area contributed by atoms with E-state index < -0.39 is 5.41 Å². The van der Waals surface area contributed by atoms with E-state index in [4.69, 9.17) is 4.74 Å². The molecule has 1 aliphatic heterocycles. The predicted molar refractivity (Wildman–Crippen MR) is 111 cm³/mol. The van der Waals surface area contributed by atoms with Gasteiger partial charge in [-0.15, -0.1) is 11.3 Å². The van der Waals surface area contributed by atoms with E-state index >= 15 is 0 Å². The maximum Gasteiger partial charge on any atom is 0.409 e. The van der Waals surface area contributed by atoms with Gasteiger partial charge in [0.2, 0.25) is 5.91 Å². The van der Waals surface area contributed by atoms with Crippen molar-refractivity contribution in [2.75, 3.05) is 38.1 Å². The van der Waals surface area contributed by atoms with Crippen LogP contribution in [-0.2, 0) is 9.53 Å². The van der Waals surface area contributed by atoms with Gasteiger partial charge < -0.3 is 19.9 Å². The quantitative estimate of drug-likeness (QED) is 0.824. The number of nitrogens with zero attached hydrogens (tertiary/aromatic N) is 2. The van der Waals surface area contributed by atoms with Crippen LogP contribution in [0.5, 0.6) is 0 Å². The van der Waals surface area contributed by atoms with Gasteiger partial charge in [0.05, 0.1) is 16.5 Å². The van der Waals surface area contributed by atoms with Gasteiger partial charge in [0.1, 0.15) is 0 Å². The molecular formula is C20H31N3O4S. The number of rotatable bonds is 4. The zero-order valence-corrected chi connectivity index (χ0v) is 18.4. The van der Waals surface area contributed by atoms with Gasteiger partial charge in [-0.05, 0) is 24.5 Å². The third-order valence-electron chi connectivity index (χ3n) is 4.40. The molecule has 0 aliphatic carbocycles. The lowest BCUT2D eigenvalue weighted by atomic mass is 9.96. The average molecular weight is 410 g/mol. The Labute approximate surface area is 171 Å². The molecule has 0 aromatic carbocycles. The molecule has 2 rings (SSSR count). The number of thiophene rings is 1. The van der Waals surface area contributed by atoms with Crippen LogP contribution in [0, 0.1) is 18.3 Å². The Kier molecular flexibility index (Phi) is 7.09. The summed E-state index contributed by atoms with van der Waals surface area (Å²) in [6, 6.07) is 1.83. The Morgan fingerprint density at radius 3 is 2.25 bits per heavy atom. The minimum absolute atomic E-state index is 0.0612. The predicted octanol–water partition coefficient (Wildman–Crippen LogP) is 3.59. The molecular weight excluding hydrogens is 378 g/mol. The lowest BCUT2D eigenvalue weighted by Crippen LogP contribution is -2.50. The first kappa shape index (κ1) is 22.2. The molecule has 28 heavy (non-hydrogen) atoms. The lowest BCUT2D eigenvalue weighted by molar-refractivity contribution is -0.123. The van der Waals surface area contributed by atoms with Crippen molar-refractivity contribution in [3.63, 3.8) is 0 Å². The summed E-state index contributed by atoms with van der Waals surface area (Å²) >= 11 is 1.30. The van der Waals surface area contributed by atoms with Crippen LogP contribution in [0.1, 0.15) is 49.9 Å². The molecule has 8 heteroatoms. The van der Waals surface area contributed by atoms with E-state index in [9.17, 15) is 14.4 Å². The molecule has 0 radical (unpaired) electrons.